The Morgan fingerprint density at radius 2 is 2.00 bits per heavy atom. The number of nitrogens with zero attached hydrogens (tertiary/aromatic N) is 2. The average Bonchev–Trinajstić information content (AvgIpc) is 3.32. The number of halogens is 2. The van der Waals surface area contributed by atoms with Gasteiger partial charge < -0.3 is 24.3 Å². The molecule has 4 rings (SSSR count). The molecule has 7 nitrogen and oxygen atoms in total. The van der Waals surface area contributed by atoms with Crippen LogP contribution in [-0.4, -0.2) is 50.1 Å². The highest BCUT2D eigenvalue weighted by Gasteiger charge is 2.32. The fourth-order valence-electron chi connectivity index (χ4n) is 3.99. The number of hydrogen-bond donors (Lipinski definition) is 1. The fourth-order valence-corrected chi connectivity index (χ4v) is 3.99. The number of benzene rings is 2. The molecule has 0 bridgehead atoms. The average molecular weight is 474 g/mol. The molecular weight excluding hydrogens is 444 g/mol. The molecular formula is C25H29F2N3O4. The number of hydrogen-bond acceptors (Lipinski definition) is 7. The molecule has 1 N–H and O–H groups in total. The lowest BCUT2D eigenvalue weighted by Gasteiger charge is -2.21. The third kappa shape index (κ3) is 5.20. The van der Waals surface area contributed by atoms with Gasteiger partial charge in [0.15, 0.2) is 11.5 Å². The number of anilines is 1. The first-order valence-corrected chi connectivity index (χ1v) is 11.1. The number of ether oxygens (including phenoxy) is 4. The van der Waals surface area contributed by atoms with Crippen LogP contribution < -0.4 is 14.8 Å². The molecule has 0 radical (unpaired) electrons. The third-order valence-electron chi connectivity index (χ3n) is 5.76. The quantitative estimate of drug-likeness (QED) is 0.467. The molecule has 1 aliphatic heterocycles. The molecule has 182 valence electrons. The maximum atomic E-state index is 14.4. The molecule has 0 saturated carbocycles. The van der Waals surface area contributed by atoms with Gasteiger partial charge in [0.25, 0.3) is 5.92 Å². The van der Waals surface area contributed by atoms with Crippen LogP contribution in [0.4, 0.5) is 14.6 Å². The minimum atomic E-state index is -3.07. The summed E-state index contributed by atoms with van der Waals surface area (Å²) in [4.78, 5) is 9.12. The van der Waals surface area contributed by atoms with Crippen LogP contribution in [0.15, 0.2) is 36.4 Å². The highest BCUT2D eigenvalue weighted by Crippen LogP contribution is 2.37. The molecule has 0 unspecified atom stereocenters. The molecule has 34 heavy (non-hydrogen) atoms. The van der Waals surface area contributed by atoms with E-state index in [0.29, 0.717) is 47.4 Å². The highest BCUT2D eigenvalue weighted by molar-refractivity contribution is 5.92. The van der Waals surface area contributed by atoms with Crippen molar-refractivity contribution in [3.05, 3.63) is 53.3 Å². The summed E-state index contributed by atoms with van der Waals surface area (Å²) in [6.45, 7) is 4.21. The van der Waals surface area contributed by atoms with E-state index in [1.807, 2.05) is 19.1 Å². The molecule has 1 saturated heterocycles. The van der Waals surface area contributed by atoms with Gasteiger partial charge in [0.2, 0.25) is 0 Å². The topological polar surface area (TPSA) is 74.7 Å². The van der Waals surface area contributed by atoms with Crippen molar-refractivity contribution in [3.8, 4) is 11.5 Å². The summed E-state index contributed by atoms with van der Waals surface area (Å²) in [5.74, 6) is -0.767. The summed E-state index contributed by atoms with van der Waals surface area (Å²) in [7, 11) is 2.85. The number of nitrogens with one attached hydrogen (secondary N) is 1. The lowest BCUT2D eigenvalue weighted by molar-refractivity contribution is -0.0698. The van der Waals surface area contributed by atoms with Crippen molar-refractivity contribution in [1.29, 1.82) is 0 Å². The van der Waals surface area contributed by atoms with E-state index in [9.17, 15) is 8.78 Å². The second kappa shape index (κ2) is 10.1. The van der Waals surface area contributed by atoms with Gasteiger partial charge >= 0.3 is 0 Å². The van der Waals surface area contributed by atoms with Gasteiger partial charge in [0.1, 0.15) is 24.4 Å². The molecule has 2 aromatic carbocycles. The van der Waals surface area contributed by atoms with E-state index < -0.39 is 12.5 Å². The monoisotopic (exact) mass is 473 g/mol. The number of rotatable bonds is 9. The summed E-state index contributed by atoms with van der Waals surface area (Å²) in [5.41, 5.74) is 1.30. The minimum absolute atomic E-state index is 0.0513. The summed E-state index contributed by atoms with van der Waals surface area (Å²) in [5, 5.41) is 4.11. The van der Waals surface area contributed by atoms with Crippen LogP contribution >= 0.6 is 0 Å². The van der Waals surface area contributed by atoms with Crippen LogP contribution in [0.2, 0.25) is 0 Å². The molecule has 0 spiro atoms. The van der Waals surface area contributed by atoms with Gasteiger partial charge in [-0.1, -0.05) is 18.2 Å². The Morgan fingerprint density at radius 1 is 1.18 bits per heavy atom. The zero-order valence-corrected chi connectivity index (χ0v) is 19.7. The van der Waals surface area contributed by atoms with Crippen LogP contribution in [0.3, 0.4) is 0 Å². The lowest BCUT2D eigenvalue weighted by Crippen LogP contribution is -2.20. The summed E-state index contributed by atoms with van der Waals surface area (Å²) >= 11 is 0. The molecule has 1 aliphatic rings. The first kappa shape index (κ1) is 24.1. The van der Waals surface area contributed by atoms with E-state index in [2.05, 4.69) is 20.0 Å². The van der Waals surface area contributed by atoms with Crippen molar-refractivity contribution >= 4 is 16.7 Å². The highest BCUT2D eigenvalue weighted by atomic mass is 19.3. The predicted octanol–water partition coefficient (Wildman–Crippen LogP) is 5.03. The summed E-state index contributed by atoms with van der Waals surface area (Å²) in [6, 6.07) is 9.69. The molecule has 0 aliphatic carbocycles. The van der Waals surface area contributed by atoms with Gasteiger partial charge in [-0.05, 0) is 31.5 Å². The SMILES string of the molecule is COCC(F)(F)c1cccc([C@@H](C)Nc2nc(C)nc3cc(OC)c(O[C@H]4CCOC4)cc23)c1. The second-order valence-corrected chi connectivity index (χ2v) is 8.37. The van der Waals surface area contributed by atoms with Crippen LogP contribution in [0.1, 0.15) is 36.3 Å². The van der Waals surface area contributed by atoms with Gasteiger partial charge in [0.05, 0.1) is 25.8 Å². The van der Waals surface area contributed by atoms with Crippen molar-refractivity contribution in [2.45, 2.75) is 38.3 Å². The standard InChI is InChI=1S/C25H29F2N3O4/c1-15(17-6-5-7-18(10-17)25(26,27)14-31-3)28-24-20-11-23(34-19-8-9-33-13-19)22(32-4)12-21(20)29-16(2)30-24/h5-7,10-12,15,19H,8-9,13-14H2,1-4H3,(H,28,29,30)/t15-,19+/m1/s1. The Morgan fingerprint density at radius 3 is 2.71 bits per heavy atom. The third-order valence-corrected chi connectivity index (χ3v) is 5.76. The maximum Gasteiger partial charge on any atom is 0.296 e. The van der Waals surface area contributed by atoms with Crippen LogP contribution in [-0.2, 0) is 15.4 Å². The van der Waals surface area contributed by atoms with E-state index >= 15 is 0 Å². The van der Waals surface area contributed by atoms with Crippen LogP contribution in [0, 0.1) is 6.92 Å². The molecule has 1 aromatic heterocycles. The maximum absolute atomic E-state index is 14.4. The largest absolute Gasteiger partial charge is 0.493 e. The minimum Gasteiger partial charge on any atom is -0.493 e. The Kier molecular flexibility index (Phi) is 7.13. The van der Waals surface area contributed by atoms with Crippen LogP contribution in [0.25, 0.3) is 10.9 Å². The molecule has 2 heterocycles. The summed E-state index contributed by atoms with van der Waals surface area (Å²) in [6.07, 6.45) is 0.752. The number of alkyl halides is 2. The van der Waals surface area contributed by atoms with Crippen molar-refractivity contribution in [2.75, 3.05) is 39.4 Å². The smallest absolute Gasteiger partial charge is 0.296 e. The lowest BCUT2D eigenvalue weighted by atomic mass is 10.0. The van der Waals surface area contributed by atoms with E-state index in [4.69, 9.17) is 14.2 Å². The van der Waals surface area contributed by atoms with Crippen molar-refractivity contribution in [2.24, 2.45) is 0 Å². The normalized spacial score (nSPS) is 17.1. The predicted molar refractivity (Wildman–Crippen MR) is 125 cm³/mol. The van der Waals surface area contributed by atoms with Crippen molar-refractivity contribution in [1.82, 2.24) is 9.97 Å². The Labute approximate surface area is 197 Å². The van der Waals surface area contributed by atoms with E-state index in [1.54, 1.807) is 26.2 Å². The van der Waals surface area contributed by atoms with Crippen LogP contribution in [0.5, 0.6) is 11.5 Å². The van der Waals surface area contributed by atoms with Gasteiger partial charge in [-0.25, -0.2) is 9.97 Å². The van der Waals surface area contributed by atoms with Crippen molar-refractivity contribution in [3.63, 3.8) is 0 Å². The molecule has 1 fully saturated rings. The van der Waals surface area contributed by atoms with E-state index in [-0.39, 0.29) is 17.7 Å². The molecule has 0 amide bonds. The van der Waals surface area contributed by atoms with Crippen molar-refractivity contribution < 1.29 is 27.7 Å². The molecule has 3 aromatic rings. The molecule has 9 heteroatoms. The number of aryl methyl sites for hydroxylation is 1. The van der Waals surface area contributed by atoms with E-state index in [0.717, 1.165) is 11.8 Å². The van der Waals surface area contributed by atoms with Gasteiger partial charge in [-0.2, -0.15) is 8.78 Å². The Hall–Kier alpha value is -3.04. The fraction of sp³-hybridized carbons (Fsp3) is 0.440. The zero-order valence-electron chi connectivity index (χ0n) is 19.7. The number of methoxy groups -OCH3 is 2. The zero-order chi connectivity index (χ0) is 24.3. The second-order valence-electron chi connectivity index (χ2n) is 8.37. The van der Waals surface area contributed by atoms with Gasteiger partial charge in [-0.15, -0.1) is 0 Å². The Bertz CT molecular complexity index is 1150. The summed E-state index contributed by atoms with van der Waals surface area (Å²) < 4.78 is 50.5. The van der Waals surface area contributed by atoms with Gasteiger partial charge in [0, 0.05) is 36.6 Å². The van der Waals surface area contributed by atoms with E-state index in [1.165, 1.54) is 19.2 Å². The first-order chi connectivity index (χ1) is 16.3. The number of aromatic nitrogens is 2. The first-order valence-electron chi connectivity index (χ1n) is 11.1. The van der Waals surface area contributed by atoms with Gasteiger partial charge in [-0.3, -0.25) is 0 Å². The number of fused-ring (bicyclic) bond motifs is 1. The molecule has 2 atom stereocenters. The Balaban J connectivity index is 1.67.